The fourth-order valence-corrected chi connectivity index (χ4v) is 4.76. The van der Waals surface area contributed by atoms with Crippen molar-refractivity contribution in [2.24, 2.45) is 5.92 Å². The number of ketones is 1. The van der Waals surface area contributed by atoms with Gasteiger partial charge in [-0.2, -0.15) is 0 Å². The molecule has 1 aromatic carbocycles. The van der Waals surface area contributed by atoms with Crippen molar-refractivity contribution in [3.8, 4) is 0 Å². The topological polar surface area (TPSA) is 113 Å². The van der Waals surface area contributed by atoms with Crippen LogP contribution in [0.15, 0.2) is 24.5 Å². The number of carbonyl (C=O) groups excluding carboxylic acids is 3. The first-order chi connectivity index (χ1) is 16.4. The van der Waals surface area contributed by atoms with Gasteiger partial charge in [0.05, 0.1) is 23.1 Å². The standard InChI is InChI=1S/C24H28ClFN4O4/c25-18-12-15(26)5-9-19(18)30-23(32)14-3-6-16(7-4-14)29-24(33)22-21(27-13-28-22)20(31)10-8-17-2-1-11-34-17/h5,9,12-14,16-17H,1-4,6-8,10-11H2,(H,27,28)(H,29,33)(H,30,32)/t14?,16?,17-/m1/s1. The molecular weight excluding hydrogens is 463 g/mol. The van der Waals surface area contributed by atoms with E-state index in [0.29, 0.717) is 37.8 Å². The number of aromatic amines is 1. The van der Waals surface area contributed by atoms with E-state index in [-0.39, 0.29) is 58.5 Å². The molecule has 34 heavy (non-hydrogen) atoms. The highest BCUT2D eigenvalue weighted by atomic mass is 35.5. The summed E-state index contributed by atoms with van der Waals surface area (Å²) >= 11 is 5.99. The van der Waals surface area contributed by atoms with Crippen LogP contribution in [0.5, 0.6) is 0 Å². The second-order valence-electron chi connectivity index (χ2n) is 8.86. The zero-order valence-electron chi connectivity index (χ0n) is 18.7. The summed E-state index contributed by atoms with van der Waals surface area (Å²) in [6, 6.07) is 3.72. The van der Waals surface area contributed by atoms with Crippen LogP contribution in [0.1, 0.15) is 72.3 Å². The van der Waals surface area contributed by atoms with Gasteiger partial charge >= 0.3 is 0 Å². The van der Waals surface area contributed by atoms with E-state index in [1.807, 2.05) is 0 Å². The Morgan fingerprint density at radius 2 is 1.97 bits per heavy atom. The van der Waals surface area contributed by atoms with E-state index in [4.69, 9.17) is 16.3 Å². The smallest absolute Gasteiger partial charge is 0.270 e. The van der Waals surface area contributed by atoms with Crippen LogP contribution >= 0.6 is 11.6 Å². The van der Waals surface area contributed by atoms with Crippen molar-refractivity contribution in [1.82, 2.24) is 15.3 Å². The molecule has 2 fully saturated rings. The van der Waals surface area contributed by atoms with Crippen molar-refractivity contribution in [2.45, 2.75) is 63.5 Å². The van der Waals surface area contributed by atoms with Crippen LogP contribution in [0.4, 0.5) is 10.1 Å². The molecule has 1 saturated heterocycles. The summed E-state index contributed by atoms with van der Waals surface area (Å²) in [5.41, 5.74) is 0.697. The second kappa shape index (κ2) is 11.1. The summed E-state index contributed by atoms with van der Waals surface area (Å²) in [6.07, 6.45) is 6.77. The van der Waals surface area contributed by atoms with Gasteiger partial charge in [0.15, 0.2) is 5.78 Å². The van der Waals surface area contributed by atoms with E-state index in [9.17, 15) is 18.8 Å². The lowest BCUT2D eigenvalue weighted by molar-refractivity contribution is -0.120. The molecule has 10 heteroatoms. The van der Waals surface area contributed by atoms with Gasteiger partial charge in [-0.25, -0.2) is 9.37 Å². The molecule has 2 heterocycles. The Labute approximate surface area is 202 Å². The van der Waals surface area contributed by atoms with E-state index in [1.54, 1.807) is 0 Å². The number of aromatic nitrogens is 2. The van der Waals surface area contributed by atoms with Gasteiger partial charge in [0.1, 0.15) is 17.2 Å². The highest BCUT2D eigenvalue weighted by Gasteiger charge is 2.29. The van der Waals surface area contributed by atoms with Crippen LogP contribution in [0.3, 0.4) is 0 Å². The number of ether oxygens (including phenoxy) is 1. The van der Waals surface area contributed by atoms with E-state index in [1.165, 1.54) is 18.5 Å². The number of hydrogen-bond donors (Lipinski definition) is 3. The molecule has 0 radical (unpaired) electrons. The molecule has 8 nitrogen and oxygen atoms in total. The number of carbonyl (C=O) groups is 3. The van der Waals surface area contributed by atoms with Gasteiger partial charge in [-0.15, -0.1) is 0 Å². The summed E-state index contributed by atoms with van der Waals surface area (Å²) in [7, 11) is 0. The van der Waals surface area contributed by atoms with Crippen molar-refractivity contribution in [2.75, 3.05) is 11.9 Å². The summed E-state index contributed by atoms with van der Waals surface area (Å²) in [5.74, 6) is -1.42. The van der Waals surface area contributed by atoms with Crippen LogP contribution in [0.25, 0.3) is 0 Å². The highest BCUT2D eigenvalue weighted by Crippen LogP contribution is 2.28. The SMILES string of the molecule is O=C(CC[C@H]1CCCO1)c1nc[nH]c1C(=O)NC1CCC(C(=O)Nc2ccc(F)cc2Cl)CC1. The van der Waals surface area contributed by atoms with Crippen molar-refractivity contribution < 1.29 is 23.5 Å². The fraction of sp³-hybridized carbons (Fsp3) is 0.500. The molecular formula is C24H28ClFN4O4. The number of Topliss-reactive ketones (excluding diaryl/α,β-unsaturated/α-hetero) is 1. The molecule has 2 aromatic rings. The number of nitrogens with one attached hydrogen (secondary N) is 3. The van der Waals surface area contributed by atoms with Crippen molar-refractivity contribution >= 4 is 34.9 Å². The first-order valence-electron chi connectivity index (χ1n) is 11.7. The maximum atomic E-state index is 13.2. The number of imidazole rings is 1. The number of anilines is 1. The normalized spacial score (nSPS) is 22.4. The first-order valence-corrected chi connectivity index (χ1v) is 12.0. The first kappa shape index (κ1) is 24.3. The molecule has 0 bridgehead atoms. The Bertz CT molecular complexity index is 1050. The molecule has 2 aliphatic rings. The van der Waals surface area contributed by atoms with Gasteiger partial charge in [0.2, 0.25) is 5.91 Å². The molecule has 0 unspecified atom stereocenters. The molecule has 1 aromatic heterocycles. The van der Waals surface area contributed by atoms with E-state index in [0.717, 1.165) is 25.5 Å². The molecule has 3 N–H and O–H groups in total. The summed E-state index contributed by atoms with van der Waals surface area (Å²) in [4.78, 5) is 44.8. The van der Waals surface area contributed by atoms with Crippen LogP contribution < -0.4 is 10.6 Å². The van der Waals surface area contributed by atoms with Crippen LogP contribution in [0, 0.1) is 11.7 Å². The number of H-pyrrole nitrogens is 1. The summed E-state index contributed by atoms with van der Waals surface area (Å²) in [5, 5.41) is 5.86. The number of benzene rings is 1. The van der Waals surface area contributed by atoms with Gasteiger partial charge in [-0.1, -0.05) is 11.6 Å². The highest BCUT2D eigenvalue weighted by molar-refractivity contribution is 6.33. The average molecular weight is 491 g/mol. The van der Waals surface area contributed by atoms with Gasteiger partial charge in [0.25, 0.3) is 5.91 Å². The number of nitrogens with zero attached hydrogens (tertiary/aromatic N) is 1. The lowest BCUT2D eigenvalue weighted by atomic mass is 9.85. The third kappa shape index (κ3) is 6.01. The van der Waals surface area contributed by atoms with Crippen molar-refractivity contribution in [3.63, 3.8) is 0 Å². The zero-order chi connectivity index (χ0) is 24.1. The third-order valence-corrected chi connectivity index (χ3v) is 6.78. The van der Waals surface area contributed by atoms with Crippen molar-refractivity contribution in [1.29, 1.82) is 0 Å². The molecule has 4 rings (SSSR count). The Hall–Kier alpha value is -2.78. The molecule has 1 atom stereocenters. The lowest BCUT2D eigenvalue weighted by Gasteiger charge is -2.28. The maximum Gasteiger partial charge on any atom is 0.270 e. The van der Waals surface area contributed by atoms with Crippen LogP contribution in [0.2, 0.25) is 5.02 Å². The Kier molecular flexibility index (Phi) is 7.95. The third-order valence-electron chi connectivity index (χ3n) is 6.47. The molecule has 1 aliphatic heterocycles. The van der Waals surface area contributed by atoms with Crippen LogP contribution in [-0.4, -0.2) is 46.3 Å². The van der Waals surface area contributed by atoms with E-state index < -0.39 is 5.82 Å². The molecule has 2 amide bonds. The monoisotopic (exact) mass is 490 g/mol. The predicted octanol–water partition coefficient (Wildman–Crippen LogP) is 4.27. The van der Waals surface area contributed by atoms with Gasteiger partial charge in [-0.05, 0) is 63.1 Å². The number of amides is 2. The van der Waals surface area contributed by atoms with Gasteiger partial charge < -0.3 is 20.4 Å². The van der Waals surface area contributed by atoms with E-state index in [2.05, 4.69) is 20.6 Å². The van der Waals surface area contributed by atoms with E-state index >= 15 is 0 Å². The van der Waals surface area contributed by atoms with Crippen LogP contribution in [-0.2, 0) is 9.53 Å². The van der Waals surface area contributed by atoms with Gasteiger partial charge in [-0.3, -0.25) is 14.4 Å². The van der Waals surface area contributed by atoms with Crippen molar-refractivity contribution in [3.05, 3.63) is 46.8 Å². The number of hydrogen-bond acceptors (Lipinski definition) is 5. The number of halogens is 2. The minimum absolute atomic E-state index is 0.103. The zero-order valence-corrected chi connectivity index (χ0v) is 19.5. The summed E-state index contributed by atoms with van der Waals surface area (Å²) in [6.45, 7) is 0.735. The second-order valence-corrected chi connectivity index (χ2v) is 9.27. The Balaban J connectivity index is 1.25. The predicted molar refractivity (Wildman–Crippen MR) is 124 cm³/mol. The Morgan fingerprint density at radius 3 is 2.68 bits per heavy atom. The minimum atomic E-state index is -0.468. The fourth-order valence-electron chi connectivity index (χ4n) is 4.54. The maximum absolute atomic E-state index is 13.2. The molecule has 0 spiro atoms. The quantitative estimate of drug-likeness (QED) is 0.478. The average Bonchev–Trinajstić information content (AvgIpc) is 3.52. The largest absolute Gasteiger partial charge is 0.378 e. The Morgan fingerprint density at radius 1 is 1.18 bits per heavy atom. The number of rotatable bonds is 8. The molecule has 1 saturated carbocycles. The van der Waals surface area contributed by atoms with Gasteiger partial charge in [0, 0.05) is 25.0 Å². The lowest BCUT2D eigenvalue weighted by Crippen LogP contribution is -2.40. The minimum Gasteiger partial charge on any atom is -0.378 e. The summed E-state index contributed by atoms with van der Waals surface area (Å²) < 4.78 is 18.8. The molecule has 1 aliphatic carbocycles. The molecule has 182 valence electrons.